The highest BCUT2D eigenvalue weighted by Gasteiger charge is 2.14. The Hall–Kier alpha value is -1.46. The molecule has 0 bridgehead atoms. The van der Waals surface area contributed by atoms with Gasteiger partial charge in [-0.15, -0.1) is 0 Å². The Labute approximate surface area is 112 Å². The number of aromatic nitrogens is 1. The Morgan fingerprint density at radius 1 is 1.47 bits per heavy atom. The van der Waals surface area contributed by atoms with Crippen LogP contribution in [0.1, 0.15) is 42.2 Å². The maximum Gasteiger partial charge on any atom is 0.339 e. The van der Waals surface area contributed by atoms with Gasteiger partial charge in [-0.05, 0) is 38.3 Å². The molecule has 1 atom stereocenters. The van der Waals surface area contributed by atoms with Crippen molar-refractivity contribution in [1.82, 2.24) is 4.98 Å². The molecule has 5 nitrogen and oxygen atoms in total. The second-order valence-corrected chi connectivity index (χ2v) is 4.37. The van der Waals surface area contributed by atoms with Gasteiger partial charge in [-0.3, -0.25) is 4.98 Å². The summed E-state index contributed by atoms with van der Waals surface area (Å²) in [5, 5.41) is 0. The Bertz CT molecular complexity index is 398. The van der Waals surface area contributed by atoms with Crippen LogP contribution in [-0.2, 0) is 20.8 Å². The lowest BCUT2D eigenvalue weighted by atomic mass is 10.2. The zero-order chi connectivity index (χ0) is 13.5. The molecule has 19 heavy (non-hydrogen) atoms. The van der Waals surface area contributed by atoms with Crippen LogP contribution in [0.5, 0.6) is 0 Å². The van der Waals surface area contributed by atoms with E-state index in [1.165, 1.54) is 6.20 Å². The van der Waals surface area contributed by atoms with Gasteiger partial charge in [-0.1, -0.05) is 0 Å². The number of pyridine rings is 1. The summed E-state index contributed by atoms with van der Waals surface area (Å²) in [6.45, 7) is 3.30. The number of rotatable bonds is 5. The fourth-order valence-corrected chi connectivity index (χ4v) is 1.87. The molecule has 1 fully saturated rings. The van der Waals surface area contributed by atoms with Crippen molar-refractivity contribution in [2.45, 2.75) is 39.1 Å². The quantitative estimate of drug-likeness (QED) is 0.765. The highest BCUT2D eigenvalue weighted by molar-refractivity contribution is 5.88. The second kappa shape index (κ2) is 7.21. The second-order valence-electron chi connectivity index (χ2n) is 4.37. The summed E-state index contributed by atoms with van der Waals surface area (Å²) >= 11 is 0. The van der Waals surface area contributed by atoms with E-state index in [4.69, 9.17) is 14.2 Å². The van der Waals surface area contributed by atoms with Crippen molar-refractivity contribution in [3.05, 3.63) is 29.6 Å². The van der Waals surface area contributed by atoms with Gasteiger partial charge in [0.05, 0.1) is 24.5 Å². The molecule has 0 N–H and O–H groups in total. The molecule has 0 radical (unpaired) electrons. The maximum atomic E-state index is 11.4. The zero-order valence-corrected chi connectivity index (χ0v) is 11.1. The summed E-state index contributed by atoms with van der Waals surface area (Å²) in [6, 6.07) is 3.47. The minimum absolute atomic E-state index is 0.125. The molecule has 1 aliphatic rings. The van der Waals surface area contributed by atoms with E-state index >= 15 is 0 Å². The van der Waals surface area contributed by atoms with Gasteiger partial charge in [0, 0.05) is 12.8 Å². The summed E-state index contributed by atoms with van der Waals surface area (Å²) in [5.41, 5.74) is 1.24. The monoisotopic (exact) mass is 265 g/mol. The number of nitrogens with zero attached hydrogens (tertiary/aromatic N) is 1. The van der Waals surface area contributed by atoms with Gasteiger partial charge in [0.1, 0.15) is 0 Å². The Morgan fingerprint density at radius 2 is 2.37 bits per heavy atom. The molecular weight excluding hydrogens is 246 g/mol. The van der Waals surface area contributed by atoms with Crippen LogP contribution < -0.4 is 0 Å². The van der Waals surface area contributed by atoms with E-state index in [1.54, 1.807) is 19.1 Å². The number of hydrogen-bond acceptors (Lipinski definition) is 5. The van der Waals surface area contributed by atoms with Crippen molar-refractivity contribution in [2.24, 2.45) is 0 Å². The lowest BCUT2D eigenvalue weighted by Gasteiger charge is -2.22. The van der Waals surface area contributed by atoms with E-state index in [0.717, 1.165) is 31.6 Å². The summed E-state index contributed by atoms with van der Waals surface area (Å²) in [6.07, 6.45) is 4.56. The Morgan fingerprint density at radius 3 is 3.00 bits per heavy atom. The molecule has 1 saturated heterocycles. The molecule has 0 aliphatic carbocycles. The van der Waals surface area contributed by atoms with Gasteiger partial charge in [0.2, 0.25) is 0 Å². The molecule has 2 rings (SSSR count). The Balaban J connectivity index is 1.82. The van der Waals surface area contributed by atoms with Crippen molar-refractivity contribution < 1.29 is 19.0 Å². The third-order valence-electron chi connectivity index (χ3n) is 2.89. The van der Waals surface area contributed by atoms with Gasteiger partial charge < -0.3 is 14.2 Å². The van der Waals surface area contributed by atoms with Crippen molar-refractivity contribution in [3.63, 3.8) is 0 Å². The molecular formula is C14H19NO4. The molecule has 0 amide bonds. The predicted molar refractivity (Wildman–Crippen MR) is 68.6 cm³/mol. The van der Waals surface area contributed by atoms with Crippen molar-refractivity contribution in [3.8, 4) is 0 Å². The van der Waals surface area contributed by atoms with E-state index in [0.29, 0.717) is 18.8 Å². The predicted octanol–water partition coefficient (Wildman–Crippen LogP) is 2.30. The fraction of sp³-hybridized carbons (Fsp3) is 0.571. The van der Waals surface area contributed by atoms with Crippen molar-refractivity contribution in [1.29, 1.82) is 0 Å². The summed E-state index contributed by atoms with van der Waals surface area (Å²) < 4.78 is 16.0. The average molecular weight is 265 g/mol. The number of esters is 1. The molecule has 0 spiro atoms. The Kier molecular flexibility index (Phi) is 5.30. The topological polar surface area (TPSA) is 57.7 Å². The van der Waals surface area contributed by atoms with Crippen LogP contribution in [-0.4, -0.2) is 30.5 Å². The van der Waals surface area contributed by atoms with Gasteiger partial charge in [-0.2, -0.15) is 0 Å². The smallest absolute Gasteiger partial charge is 0.339 e. The number of carbonyl (C=O) groups excluding carboxylic acids is 1. The molecule has 1 aromatic rings. The van der Waals surface area contributed by atoms with E-state index in [9.17, 15) is 4.79 Å². The highest BCUT2D eigenvalue weighted by atomic mass is 16.7. The molecule has 1 aromatic heterocycles. The SMILES string of the molecule is CCOC(=O)c1ccc(COC2CCCCO2)nc1. The first kappa shape index (κ1) is 14.0. The lowest BCUT2D eigenvalue weighted by Crippen LogP contribution is -2.22. The molecule has 104 valence electrons. The minimum atomic E-state index is -0.349. The van der Waals surface area contributed by atoms with E-state index in [1.807, 2.05) is 0 Å². The number of hydrogen-bond donors (Lipinski definition) is 0. The molecule has 5 heteroatoms. The van der Waals surface area contributed by atoms with Crippen LogP contribution in [0.3, 0.4) is 0 Å². The van der Waals surface area contributed by atoms with Crippen LogP contribution >= 0.6 is 0 Å². The largest absolute Gasteiger partial charge is 0.462 e. The van der Waals surface area contributed by atoms with E-state index < -0.39 is 0 Å². The van der Waals surface area contributed by atoms with Crippen molar-refractivity contribution >= 4 is 5.97 Å². The first-order chi connectivity index (χ1) is 9.29. The summed E-state index contributed by atoms with van der Waals surface area (Å²) in [4.78, 5) is 15.6. The summed E-state index contributed by atoms with van der Waals surface area (Å²) in [7, 11) is 0. The standard InChI is InChI=1S/C14H19NO4/c1-2-17-14(16)11-6-7-12(15-9-11)10-19-13-5-3-4-8-18-13/h6-7,9,13H,2-5,8,10H2,1H3. The highest BCUT2D eigenvalue weighted by Crippen LogP contribution is 2.15. The van der Waals surface area contributed by atoms with Crippen LogP contribution in [0.15, 0.2) is 18.3 Å². The molecule has 1 aliphatic heterocycles. The van der Waals surface area contributed by atoms with Crippen LogP contribution in [0.2, 0.25) is 0 Å². The van der Waals surface area contributed by atoms with Crippen molar-refractivity contribution in [2.75, 3.05) is 13.2 Å². The van der Waals surface area contributed by atoms with E-state index in [-0.39, 0.29) is 12.3 Å². The maximum absolute atomic E-state index is 11.4. The van der Waals surface area contributed by atoms with Gasteiger partial charge in [0.15, 0.2) is 6.29 Å². The first-order valence-electron chi connectivity index (χ1n) is 6.65. The van der Waals surface area contributed by atoms with Crippen LogP contribution in [0.4, 0.5) is 0 Å². The van der Waals surface area contributed by atoms with Crippen LogP contribution in [0.25, 0.3) is 0 Å². The van der Waals surface area contributed by atoms with Gasteiger partial charge >= 0.3 is 5.97 Å². The number of carbonyl (C=O) groups is 1. The third kappa shape index (κ3) is 4.29. The van der Waals surface area contributed by atoms with Gasteiger partial charge in [0.25, 0.3) is 0 Å². The zero-order valence-electron chi connectivity index (χ0n) is 11.1. The number of ether oxygens (including phenoxy) is 3. The summed E-state index contributed by atoms with van der Waals surface area (Å²) in [5.74, 6) is -0.349. The third-order valence-corrected chi connectivity index (χ3v) is 2.89. The molecule has 1 unspecified atom stereocenters. The normalized spacial score (nSPS) is 19.1. The van der Waals surface area contributed by atoms with E-state index in [2.05, 4.69) is 4.98 Å². The molecule has 0 aromatic carbocycles. The van der Waals surface area contributed by atoms with Gasteiger partial charge in [-0.25, -0.2) is 4.79 Å². The fourth-order valence-electron chi connectivity index (χ4n) is 1.87. The minimum Gasteiger partial charge on any atom is -0.462 e. The van der Waals surface area contributed by atoms with Crippen LogP contribution in [0, 0.1) is 0 Å². The first-order valence-corrected chi connectivity index (χ1v) is 6.65. The lowest BCUT2D eigenvalue weighted by molar-refractivity contribution is -0.169. The molecule has 0 saturated carbocycles. The average Bonchev–Trinajstić information content (AvgIpc) is 2.47. The molecule has 2 heterocycles.